The van der Waals surface area contributed by atoms with E-state index in [1.54, 1.807) is 13.2 Å². The monoisotopic (exact) mass is 230 g/mol. The molecule has 1 aromatic carbocycles. The Morgan fingerprint density at radius 3 is 3.12 bits per heavy atom. The number of hydrogen-bond donors (Lipinski definition) is 2. The second-order valence-corrected chi connectivity index (χ2v) is 4.17. The maximum absolute atomic E-state index is 9.86. The van der Waals surface area contributed by atoms with Crippen LogP contribution in [0.5, 0.6) is 11.5 Å². The van der Waals surface area contributed by atoms with E-state index in [0.717, 1.165) is 41.9 Å². The molecule has 0 bridgehead atoms. The van der Waals surface area contributed by atoms with Crippen LogP contribution in [-0.4, -0.2) is 23.7 Å². The number of nitrogens with zero attached hydrogens (tertiary/aromatic N) is 1. The zero-order valence-electron chi connectivity index (χ0n) is 9.66. The van der Waals surface area contributed by atoms with E-state index >= 15 is 0 Å². The van der Waals surface area contributed by atoms with Crippen molar-refractivity contribution in [2.75, 3.05) is 13.7 Å². The summed E-state index contributed by atoms with van der Waals surface area (Å²) in [6, 6.07) is 5.39. The molecule has 2 N–H and O–H groups in total. The first-order valence-electron chi connectivity index (χ1n) is 5.69. The van der Waals surface area contributed by atoms with E-state index in [1.165, 1.54) is 0 Å². The molecule has 4 nitrogen and oxygen atoms in total. The Morgan fingerprint density at radius 2 is 2.29 bits per heavy atom. The van der Waals surface area contributed by atoms with Crippen LogP contribution in [0.4, 0.5) is 0 Å². The summed E-state index contributed by atoms with van der Waals surface area (Å²) in [6.45, 7) is 1.69. The van der Waals surface area contributed by atoms with E-state index in [9.17, 15) is 5.11 Å². The highest BCUT2D eigenvalue weighted by molar-refractivity contribution is 5.91. The Bertz CT molecular complexity index is 581. The molecular formula is C13H14N2O2. The van der Waals surface area contributed by atoms with Crippen molar-refractivity contribution in [1.82, 2.24) is 10.3 Å². The number of benzene rings is 1. The van der Waals surface area contributed by atoms with Crippen LogP contribution in [0.1, 0.15) is 11.3 Å². The zero-order chi connectivity index (χ0) is 11.8. The van der Waals surface area contributed by atoms with Crippen molar-refractivity contribution in [3.63, 3.8) is 0 Å². The molecule has 0 aliphatic carbocycles. The van der Waals surface area contributed by atoms with Crippen LogP contribution in [0.3, 0.4) is 0 Å². The van der Waals surface area contributed by atoms with Gasteiger partial charge in [0.15, 0.2) is 0 Å². The number of aromatic hydroxyl groups is 1. The lowest BCUT2D eigenvalue weighted by Gasteiger charge is -2.20. The van der Waals surface area contributed by atoms with Gasteiger partial charge in [0.25, 0.3) is 0 Å². The summed E-state index contributed by atoms with van der Waals surface area (Å²) in [5, 5.41) is 14.0. The molecule has 1 aliphatic rings. The predicted octanol–water partition coefficient (Wildman–Crippen LogP) is 1.59. The van der Waals surface area contributed by atoms with Crippen molar-refractivity contribution >= 4 is 10.9 Å². The molecular weight excluding hydrogens is 216 g/mol. The van der Waals surface area contributed by atoms with Gasteiger partial charge in [-0.3, -0.25) is 0 Å². The van der Waals surface area contributed by atoms with E-state index < -0.39 is 0 Å². The number of para-hydroxylation sites is 1. The molecule has 0 fully saturated rings. The van der Waals surface area contributed by atoms with Crippen molar-refractivity contribution in [2.45, 2.75) is 13.0 Å². The Kier molecular flexibility index (Phi) is 2.37. The molecule has 0 radical (unpaired) electrons. The van der Waals surface area contributed by atoms with Gasteiger partial charge in [0.2, 0.25) is 0 Å². The third kappa shape index (κ3) is 1.52. The number of aromatic nitrogens is 1. The Morgan fingerprint density at radius 1 is 1.41 bits per heavy atom. The number of phenols is 1. The van der Waals surface area contributed by atoms with E-state index in [4.69, 9.17) is 4.74 Å². The lowest BCUT2D eigenvalue weighted by atomic mass is 10.0. The Labute approximate surface area is 99.2 Å². The summed E-state index contributed by atoms with van der Waals surface area (Å²) in [5.74, 6) is 1.04. The predicted molar refractivity (Wildman–Crippen MR) is 65.4 cm³/mol. The van der Waals surface area contributed by atoms with Crippen molar-refractivity contribution in [1.29, 1.82) is 0 Å². The minimum atomic E-state index is 0.210. The van der Waals surface area contributed by atoms with Crippen molar-refractivity contribution in [3.8, 4) is 11.5 Å². The molecule has 0 unspecified atom stereocenters. The molecule has 0 saturated heterocycles. The molecule has 0 atom stereocenters. The quantitative estimate of drug-likeness (QED) is 0.781. The lowest BCUT2D eigenvalue weighted by Crippen LogP contribution is -2.25. The summed E-state index contributed by atoms with van der Waals surface area (Å²) < 4.78 is 5.49. The number of rotatable bonds is 1. The van der Waals surface area contributed by atoms with Crippen molar-refractivity contribution in [3.05, 3.63) is 29.5 Å². The Hall–Kier alpha value is -1.81. The number of ether oxygens (including phenoxy) is 1. The SMILES string of the molecule is COc1c2c(nc3c(O)cccc13)CCNC2. The van der Waals surface area contributed by atoms with Crippen molar-refractivity contribution in [2.24, 2.45) is 0 Å². The maximum Gasteiger partial charge on any atom is 0.141 e. The molecule has 2 heterocycles. The van der Waals surface area contributed by atoms with Gasteiger partial charge in [-0.1, -0.05) is 6.07 Å². The molecule has 0 saturated carbocycles. The van der Waals surface area contributed by atoms with Crippen LogP contribution in [0.15, 0.2) is 18.2 Å². The van der Waals surface area contributed by atoms with Crippen molar-refractivity contribution < 1.29 is 9.84 Å². The normalized spacial score (nSPS) is 14.6. The van der Waals surface area contributed by atoms with Crippen LogP contribution in [0.25, 0.3) is 10.9 Å². The highest BCUT2D eigenvalue weighted by Crippen LogP contribution is 2.35. The summed E-state index contributed by atoms with van der Waals surface area (Å²) >= 11 is 0. The van der Waals surface area contributed by atoms with E-state index in [-0.39, 0.29) is 5.75 Å². The lowest BCUT2D eigenvalue weighted by molar-refractivity contribution is 0.408. The number of hydrogen-bond acceptors (Lipinski definition) is 4. The van der Waals surface area contributed by atoms with Gasteiger partial charge >= 0.3 is 0 Å². The Balaban J connectivity index is 2.39. The van der Waals surface area contributed by atoms with Gasteiger partial charge in [-0.15, -0.1) is 0 Å². The maximum atomic E-state index is 9.86. The molecule has 4 heteroatoms. The van der Waals surface area contributed by atoms with E-state index in [2.05, 4.69) is 10.3 Å². The molecule has 3 rings (SSSR count). The third-order valence-corrected chi connectivity index (χ3v) is 3.17. The van der Waals surface area contributed by atoms with Gasteiger partial charge < -0.3 is 15.2 Å². The topological polar surface area (TPSA) is 54.4 Å². The second kappa shape index (κ2) is 3.89. The number of fused-ring (bicyclic) bond motifs is 2. The molecule has 0 amide bonds. The minimum absolute atomic E-state index is 0.210. The molecule has 17 heavy (non-hydrogen) atoms. The third-order valence-electron chi connectivity index (χ3n) is 3.17. The minimum Gasteiger partial charge on any atom is -0.506 e. The summed E-state index contributed by atoms with van der Waals surface area (Å²) in [5.41, 5.74) is 2.76. The first-order chi connectivity index (χ1) is 8.31. The molecule has 2 aromatic rings. The van der Waals surface area contributed by atoms with Gasteiger partial charge in [-0.05, 0) is 12.1 Å². The molecule has 0 spiro atoms. The largest absolute Gasteiger partial charge is 0.506 e. The number of phenolic OH excluding ortho intramolecular Hbond substituents is 1. The van der Waals surface area contributed by atoms with Gasteiger partial charge in [-0.25, -0.2) is 4.98 Å². The summed E-state index contributed by atoms with van der Waals surface area (Å²) in [6.07, 6.45) is 0.871. The van der Waals surface area contributed by atoms with Crippen LogP contribution in [0.2, 0.25) is 0 Å². The summed E-state index contributed by atoms with van der Waals surface area (Å²) in [7, 11) is 1.66. The highest BCUT2D eigenvalue weighted by atomic mass is 16.5. The second-order valence-electron chi connectivity index (χ2n) is 4.17. The fourth-order valence-corrected chi connectivity index (χ4v) is 2.37. The molecule has 88 valence electrons. The van der Waals surface area contributed by atoms with Gasteiger partial charge in [0.1, 0.15) is 17.0 Å². The fraction of sp³-hybridized carbons (Fsp3) is 0.308. The fourth-order valence-electron chi connectivity index (χ4n) is 2.37. The average molecular weight is 230 g/mol. The highest BCUT2D eigenvalue weighted by Gasteiger charge is 2.19. The number of nitrogens with one attached hydrogen (secondary N) is 1. The first-order valence-corrected chi connectivity index (χ1v) is 5.69. The average Bonchev–Trinajstić information content (AvgIpc) is 2.37. The van der Waals surface area contributed by atoms with Gasteiger partial charge in [0, 0.05) is 30.5 Å². The molecule has 1 aromatic heterocycles. The number of methoxy groups -OCH3 is 1. The number of pyridine rings is 1. The first kappa shape index (κ1) is 10.4. The van der Waals surface area contributed by atoms with Crippen LogP contribution in [-0.2, 0) is 13.0 Å². The van der Waals surface area contributed by atoms with Gasteiger partial charge in [-0.2, -0.15) is 0 Å². The van der Waals surface area contributed by atoms with Crippen LogP contribution in [0, 0.1) is 0 Å². The molecule has 1 aliphatic heterocycles. The smallest absolute Gasteiger partial charge is 0.141 e. The van der Waals surface area contributed by atoms with E-state index in [0.29, 0.717) is 5.52 Å². The van der Waals surface area contributed by atoms with Crippen LogP contribution >= 0.6 is 0 Å². The van der Waals surface area contributed by atoms with Crippen LogP contribution < -0.4 is 10.1 Å². The van der Waals surface area contributed by atoms with E-state index in [1.807, 2.05) is 12.1 Å². The standard InChI is InChI=1S/C13H14N2O2/c1-17-13-8-3-2-4-11(16)12(8)15-10-5-6-14-7-9(10)13/h2-4,14,16H,5-7H2,1H3. The zero-order valence-corrected chi connectivity index (χ0v) is 9.66. The van der Waals surface area contributed by atoms with Gasteiger partial charge in [0.05, 0.1) is 12.8 Å². The summed E-state index contributed by atoms with van der Waals surface area (Å²) in [4.78, 5) is 4.55.